The Morgan fingerprint density at radius 2 is 1.89 bits per heavy atom. The van der Waals surface area contributed by atoms with Gasteiger partial charge < -0.3 is 19.8 Å². The van der Waals surface area contributed by atoms with Crippen LogP contribution in [0.15, 0.2) is 42.7 Å². The first-order valence-corrected chi connectivity index (χ1v) is 9.65. The van der Waals surface area contributed by atoms with E-state index in [1.807, 2.05) is 30.3 Å². The molecule has 0 spiro atoms. The van der Waals surface area contributed by atoms with Gasteiger partial charge in [0, 0.05) is 17.5 Å². The SMILES string of the molecule is COc1ccc([C@H]2CCCC[C@H]2NC(=O)c2ccc3[nH]cnc3c2)cc1OC. The van der Waals surface area contributed by atoms with Crippen molar-refractivity contribution >= 4 is 16.9 Å². The standard InChI is InChI=1S/C22H25N3O3/c1-27-20-10-8-14(12-21(20)28-2)16-5-3-4-6-17(16)25-22(26)15-7-9-18-19(11-15)24-13-23-18/h7-13,16-17H,3-6H2,1-2H3,(H,23,24)(H,25,26)/t16-,17-/m1/s1. The molecule has 2 N–H and O–H groups in total. The Morgan fingerprint density at radius 3 is 2.71 bits per heavy atom. The van der Waals surface area contributed by atoms with E-state index in [9.17, 15) is 4.79 Å². The minimum absolute atomic E-state index is 0.0534. The van der Waals surface area contributed by atoms with Crippen LogP contribution in [0, 0.1) is 0 Å². The number of carbonyl (C=O) groups is 1. The fraction of sp³-hybridized carbons (Fsp3) is 0.364. The molecule has 1 aromatic heterocycles. The maximum atomic E-state index is 12.9. The summed E-state index contributed by atoms with van der Waals surface area (Å²) in [7, 11) is 3.28. The molecule has 1 aliphatic carbocycles. The molecular formula is C22H25N3O3. The van der Waals surface area contributed by atoms with Crippen molar-refractivity contribution in [2.24, 2.45) is 0 Å². The van der Waals surface area contributed by atoms with Gasteiger partial charge >= 0.3 is 0 Å². The van der Waals surface area contributed by atoms with Crippen LogP contribution in [0.4, 0.5) is 0 Å². The molecular weight excluding hydrogens is 354 g/mol. The lowest BCUT2D eigenvalue weighted by Crippen LogP contribution is -2.41. The molecule has 1 amide bonds. The molecule has 0 radical (unpaired) electrons. The zero-order chi connectivity index (χ0) is 19.5. The van der Waals surface area contributed by atoms with Crippen LogP contribution in [0.1, 0.15) is 47.5 Å². The number of amides is 1. The van der Waals surface area contributed by atoms with Gasteiger partial charge in [0.1, 0.15) is 0 Å². The van der Waals surface area contributed by atoms with Crippen molar-refractivity contribution < 1.29 is 14.3 Å². The molecule has 1 saturated carbocycles. The summed E-state index contributed by atoms with van der Waals surface area (Å²) in [4.78, 5) is 20.2. The van der Waals surface area contributed by atoms with Gasteiger partial charge in [-0.2, -0.15) is 0 Å². The molecule has 6 heteroatoms. The average molecular weight is 379 g/mol. The van der Waals surface area contributed by atoms with Crippen molar-refractivity contribution in [1.29, 1.82) is 0 Å². The second-order valence-corrected chi connectivity index (χ2v) is 7.22. The highest BCUT2D eigenvalue weighted by Crippen LogP contribution is 2.37. The fourth-order valence-corrected chi connectivity index (χ4v) is 4.11. The number of hydrogen-bond acceptors (Lipinski definition) is 4. The topological polar surface area (TPSA) is 76.2 Å². The Morgan fingerprint density at radius 1 is 1.07 bits per heavy atom. The molecule has 0 unspecified atom stereocenters. The number of aromatic nitrogens is 2. The summed E-state index contributed by atoms with van der Waals surface area (Å²) in [5, 5.41) is 3.26. The first-order valence-electron chi connectivity index (χ1n) is 9.65. The minimum Gasteiger partial charge on any atom is -0.493 e. The molecule has 2 atom stereocenters. The summed E-state index contributed by atoms with van der Waals surface area (Å²) in [6.45, 7) is 0. The summed E-state index contributed by atoms with van der Waals surface area (Å²) >= 11 is 0. The van der Waals surface area contributed by atoms with Gasteiger partial charge in [-0.1, -0.05) is 18.9 Å². The van der Waals surface area contributed by atoms with Gasteiger partial charge in [-0.25, -0.2) is 4.98 Å². The van der Waals surface area contributed by atoms with E-state index in [1.54, 1.807) is 20.5 Å². The van der Waals surface area contributed by atoms with E-state index in [0.29, 0.717) is 5.56 Å². The lowest BCUT2D eigenvalue weighted by molar-refractivity contribution is 0.0921. The van der Waals surface area contributed by atoms with Crippen LogP contribution in [0.2, 0.25) is 0 Å². The molecule has 1 aliphatic rings. The maximum absolute atomic E-state index is 12.9. The number of ether oxygens (including phenoxy) is 2. The molecule has 0 aliphatic heterocycles. The first kappa shape index (κ1) is 18.3. The number of aromatic amines is 1. The number of H-pyrrole nitrogens is 1. The van der Waals surface area contributed by atoms with E-state index in [1.165, 1.54) is 5.56 Å². The van der Waals surface area contributed by atoms with Crippen molar-refractivity contribution in [3.63, 3.8) is 0 Å². The highest BCUT2D eigenvalue weighted by molar-refractivity contribution is 5.97. The molecule has 0 saturated heterocycles. The van der Waals surface area contributed by atoms with Crippen LogP contribution in [0.25, 0.3) is 11.0 Å². The minimum atomic E-state index is -0.0534. The summed E-state index contributed by atoms with van der Waals surface area (Å²) < 4.78 is 10.8. The second kappa shape index (κ2) is 7.92. The summed E-state index contributed by atoms with van der Waals surface area (Å²) in [5.41, 5.74) is 3.53. The van der Waals surface area contributed by atoms with Crippen LogP contribution < -0.4 is 14.8 Å². The predicted molar refractivity (Wildman–Crippen MR) is 108 cm³/mol. The monoisotopic (exact) mass is 379 g/mol. The molecule has 3 aromatic rings. The van der Waals surface area contributed by atoms with Crippen molar-refractivity contribution in [1.82, 2.24) is 15.3 Å². The number of hydrogen-bond donors (Lipinski definition) is 2. The average Bonchev–Trinajstić information content (AvgIpc) is 3.21. The van der Waals surface area contributed by atoms with Crippen LogP contribution in [0.5, 0.6) is 11.5 Å². The number of nitrogens with zero attached hydrogens (tertiary/aromatic N) is 1. The number of fused-ring (bicyclic) bond motifs is 1. The predicted octanol–water partition coefficient (Wildman–Crippen LogP) is 4.04. The second-order valence-electron chi connectivity index (χ2n) is 7.22. The van der Waals surface area contributed by atoms with Crippen LogP contribution in [-0.4, -0.2) is 36.1 Å². The molecule has 1 fully saturated rings. The van der Waals surface area contributed by atoms with Crippen molar-refractivity contribution in [3.8, 4) is 11.5 Å². The summed E-state index contributed by atoms with van der Waals surface area (Å²) in [5.74, 6) is 1.64. The largest absolute Gasteiger partial charge is 0.493 e. The Hall–Kier alpha value is -3.02. The van der Waals surface area contributed by atoms with Crippen LogP contribution in [0.3, 0.4) is 0 Å². The Labute approximate surface area is 164 Å². The molecule has 28 heavy (non-hydrogen) atoms. The summed E-state index contributed by atoms with van der Waals surface area (Å²) in [6, 6.07) is 11.7. The smallest absolute Gasteiger partial charge is 0.251 e. The van der Waals surface area contributed by atoms with E-state index in [4.69, 9.17) is 9.47 Å². The first-order chi connectivity index (χ1) is 13.7. The Bertz CT molecular complexity index is 982. The summed E-state index contributed by atoms with van der Waals surface area (Å²) in [6.07, 6.45) is 5.92. The number of carbonyl (C=O) groups excluding carboxylic acids is 1. The van der Waals surface area contributed by atoms with Gasteiger partial charge in [0.2, 0.25) is 0 Å². The molecule has 2 aromatic carbocycles. The van der Waals surface area contributed by atoms with E-state index in [2.05, 4.69) is 21.4 Å². The van der Waals surface area contributed by atoms with Gasteiger partial charge in [0.25, 0.3) is 5.91 Å². The molecule has 4 rings (SSSR count). The highest BCUT2D eigenvalue weighted by Gasteiger charge is 2.29. The highest BCUT2D eigenvalue weighted by atomic mass is 16.5. The Balaban J connectivity index is 1.56. The number of imidazole rings is 1. The quantitative estimate of drug-likeness (QED) is 0.702. The van der Waals surface area contributed by atoms with E-state index in [0.717, 1.165) is 48.2 Å². The van der Waals surface area contributed by atoms with Crippen LogP contribution in [-0.2, 0) is 0 Å². The third-order valence-electron chi connectivity index (χ3n) is 5.60. The number of benzene rings is 2. The van der Waals surface area contributed by atoms with E-state index in [-0.39, 0.29) is 17.9 Å². The van der Waals surface area contributed by atoms with E-state index < -0.39 is 0 Å². The number of methoxy groups -OCH3 is 2. The van der Waals surface area contributed by atoms with Crippen molar-refractivity contribution in [3.05, 3.63) is 53.9 Å². The maximum Gasteiger partial charge on any atom is 0.251 e. The normalized spacial score (nSPS) is 19.4. The number of nitrogens with one attached hydrogen (secondary N) is 2. The Kier molecular flexibility index (Phi) is 5.19. The third kappa shape index (κ3) is 3.54. The molecule has 1 heterocycles. The van der Waals surface area contributed by atoms with Gasteiger partial charge in [-0.3, -0.25) is 4.79 Å². The van der Waals surface area contributed by atoms with Gasteiger partial charge in [-0.15, -0.1) is 0 Å². The van der Waals surface area contributed by atoms with Gasteiger partial charge in [0.15, 0.2) is 11.5 Å². The molecule has 0 bridgehead atoms. The lowest BCUT2D eigenvalue weighted by Gasteiger charge is -2.33. The number of rotatable bonds is 5. The lowest BCUT2D eigenvalue weighted by atomic mass is 9.79. The van der Waals surface area contributed by atoms with Crippen molar-refractivity contribution in [2.45, 2.75) is 37.6 Å². The van der Waals surface area contributed by atoms with Crippen molar-refractivity contribution in [2.75, 3.05) is 14.2 Å². The van der Waals surface area contributed by atoms with Gasteiger partial charge in [-0.05, 0) is 48.7 Å². The molecule has 6 nitrogen and oxygen atoms in total. The van der Waals surface area contributed by atoms with Crippen LogP contribution >= 0.6 is 0 Å². The van der Waals surface area contributed by atoms with Gasteiger partial charge in [0.05, 0.1) is 31.6 Å². The zero-order valence-corrected chi connectivity index (χ0v) is 16.2. The zero-order valence-electron chi connectivity index (χ0n) is 16.2. The van der Waals surface area contributed by atoms with E-state index >= 15 is 0 Å². The third-order valence-corrected chi connectivity index (χ3v) is 5.60. The molecule has 146 valence electrons. The fourth-order valence-electron chi connectivity index (χ4n) is 4.11.